The molecule has 2 aromatic carbocycles. The summed E-state index contributed by atoms with van der Waals surface area (Å²) >= 11 is 0. The average molecular weight is 361 g/mol. The summed E-state index contributed by atoms with van der Waals surface area (Å²) < 4.78 is 15.0. The first-order chi connectivity index (χ1) is 13.1. The van der Waals surface area contributed by atoms with Gasteiger partial charge in [0.2, 0.25) is 5.95 Å². The maximum absolute atomic E-state index is 13.2. The van der Waals surface area contributed by atoms with E-state index >= 15 is 0 Å². The van der Waals surface area contributed by atoms with Gasteiger partial charge in [-0.2, -0.15) is 0 Å². The van der Waals surface area contributed by atoms with E-state index in [-0.39, 0.29) is 0 Å². The molecular weight excluding hydrogens is 345 g/mol. The van der Waals surface area contributed by atoms with Crippen LogP contribution in [-0.2, 0) is 0 Å². The SMILES string of the molecule is Nc1ncc2c(-c3ccc(NC(=O)Nc4cccc(F)c4)cc3)cccn12. The Bertz CT molecular complexity index is 1120. The average Bonchev–Trinajstić information content (AvgIpc) is 3.04. The molecule has 2 aromatic heterocycles. The van der Waals surface area contributed by atoms with Gasteiger partial charge in [-0.1, -0.05) is 24.3 Å². The van der Waals surface area contributed by atoms with E-state index in [1.54, 1.807) is 24.4 Å². The third kappa shape index (κ3) is 3.43. The van der Waals surface area contributed by atoms with Gasteiger partial charge in [0, 0.05) is 23.1 Å². The lowest BCUT2D eigenvalue weighted by Gasteiger charge is -2.09. The van der Waals surface area contributed by atoms with Gasteiger partial charge < -0.3 is 16.4 Å². The predicted octanol–water partition coefficient (Wildman–Crippen LogP) is 4.37. The highest BCUT2D eigenvalue weighted by molar-refractivity contribution is 5.99. The molecule has 7 heteroatoms. The molecule has 0 fully saturated rings. The normalized spacial score (nSPS) is 10.7. The molecule has 4 aromatic rings. The summed E-state index contributed by atoms with van der Waals surface area (Å²) in [6.07, 6.45) is 3.58. The van der Waals surface area contributed by atoms with Gasteiger partial charge in [0.1, 0.15) is 5.82 Å². The number of nitrogens with one attached hydrogen (secondary N) is 2. The topological polar surface area (TPSA) is 84.4 Å². The zero-order valence-electron chi connectivity index (χ0n) is 14.2. The monoisotopic (exact) mass is 361 g/mol. The van der Waals surface area contributed by atoms with Crippen molar-refractivity contribution in [2.24, 2.45) is 0 Å². The molecule has 6 nitrogen and oxygen atoms in total. The van der Waals surface area contributed by atoms with Crippen molar-refractivity contribution >= 4 is 28.9 Å². The number of fused-ring (bicyclic) bond motifs is 1. The van der Waals surface area contributed by atoms with E-state index in [2.05, 4.69) is 15.6 Å². The fourth-order valence-electron chi connectivity index (χ4n) is 2.88. The fraction of sp³-hybridized carbons (Fsp3) is 0. The lowest BCUT2D eigenvalue weighted by molar-refractivity contribution is 0.262. The van der Waals surface area contributed by atoms with Crippen LogP contribution in [0.4, 0.5) is 26.5 Å². The Kier molecular flexibility index (Phi) is 4.18. The van der Waals surface area contributed by atoms with Crippen LogP contribution < -0.4 is 16.4 Å². The summed E-state index contributed by atoms with van der Waals surface area (Å²) in [4.78, 5) is 16.2. The molecular formula is C20H16FN5O. The summed E-state index contributed by atoms with van der Waals surface area (Å²) in [6, 6.07) is 16.5. The van der Waals surface area contributed by atoms with Crippen molar-refractivity contribution < 1.29 is 9.18 Å². The van der Waals surface area contributed by atoms with Gasteiger partial charge in [0.15, 0.2) is 0 Å². The van der Waals surface area contributed by atoms with Crippen LogP contribution in [-0.4, -0.2) is 15.4 Å². The molecule has 2 amide bonds. The lowest BCUT2D eigenvalue weighted by atomic mass is 10.1. The Morgan fingerprint density at radius 2 is 1.78 bits per heavy atom. The van der Waals surface area contributed by atoms with Gasteiger partial charge in [-0.15, -0.1) is 0 Å². The summed E-state index contributed by atoms with van der Waals surface area (Å²) in [5.74, 6) is 0.0194. The molecule has 0 radical (unpaired) electrons. The number of anilines is 3. The number of carbonyl (C=O) groups is 1. The van der Waals surface area contributed by atoms with Crippen molar-refractivity contribution in [2.75, 3.05) is 16.4 Å². The molecule has 0 atom stereocenters. The Hall–Kier alpha value is -3.87. The van der Waals surface area contributed by atoms with Gasteiger partial charge in [0.25, 0.3) is 0 Å². The molecule has 2 heterocycles. The lowest BCUT2D eigenvalue weighted by Crippen LogP contribution is -2.19. The number of carbonyl (C=O) groups excluding carboxylic acids is 1. The zero-order chi connectivity index (χ0) is 18.8. The number of rotatable bonds is 3. The molecule has 0 saturated carbocycles. The predicted molar refractivity (Wildman–Crippen MR) is 104 cm³/mol. The first-order valence-corrected chi connectivity index (χ1v) is 8.26. The maximum atomic E-state index is 13.2. The van der Waals surface area contributed by atoms with E-state index in [0.717, 1.165) is 16.6 Å². The molecule has 0 aliphatic heterocycles. The smallest absolute Gasteiger partial charge is 0.323 e. The van der Waals surface area contributed by atoms with E-state index < -0.39 is 11.8 Å². The largest absolute Gasteiger partial charge is 0.369 e. The third-order valence-electron chi connectivity index (χ3n) is 4.14. The number of halogens is 1. The number of benzene rings is 2. The molecule has 4 N–H and O–H groups in total. The fourth-order valence-corrected chi connectivity index (χ4v) is 2.88. The molecule has 27 heavy (non-hydrogen) atoms. The number of imidazole rings is 1. The van der Waals surface area contributed by atoms with Crippen LogP contribution in [0.25, 0.3) is 16.6 Å². The van der Waals surface area contributed by atoms with Crippen molar-refractivity contribution in [3.05, 3.63) is 78.9 Å². The number of nitrogens with zero attached hydrogens (tertiary/aromatic N) is 2. The van der Waals surface area contributed by atoms with Gasteiger partial charge in [-0.05, 0) is 42.0 Å². The molecule has 0 saturated heterocycles. The van der Waals surface area contributed by atoms with Crippen LogP contribution >= 0.6 is 0 Å². The second-order valence-corrected chi connectivity index (χ2v) is 5.96. The number of nitrogens with two attached hydrogens (primary N) is 1. The highest BCUT2D eigenvalue weighted by Gasteiger charge is 2.08. The number of amides is 2. The molecule has 4 rings (SSSR count). The Labute approximate surface area is 154 Å². The van der Waals surface area contributed by atoms with Crippen LogP contribution in [0.15, 0.2) is 73.1 Å². The first kappa shape index (κ1) is 16.6. The van der Waals surface area contributed by atoms with Crippen LogP contribution in [0.2, 0.25) is 0 Å². The van der Waals surface area contributed by atoms with E-state index in [1.165, 1.54) is 18.2 Å². The van der Waals surface area contributed by atoms with Crippen molar-refractivity contribution in [1.82, 2.24) is 9.38 Å². The molecule has 134 valence electrons. The quantitative estimate of drug-likeness (QED) is 0.507. The summed E-state index contributed by atoms with van der Waals surface area (Å²) in [5, 5.41) is 5.31. The van der Waals surface area contributed by atoms with Crippen molar-refractivity contribution in [3.63, 3.8) is 0 Å². The minimum atomic E-state index is -0.445. The van der Waals surface area contributed by atoms with Crippen molar-refractivity contribution in [3.8, 4) is 11.1 Å². The molecule has 0 bridgehead atoms. The van der Waals surface area contributed by atoms with Gasteiger partial charge in [-0.3, -0.25) is 4.40 Å². The molecule has 0 aliphatic rings. The highest BCUT2D eigenvalue weighted by Crippen LogP contribution is 2.27. The zero-order valence-corrected chi connectivity index (χ0v) is 14.2. The minimum absolute atomic E-state index is 0.383. The third-order valence-corrected chi connectivity index (χ3v) is 4.14. The Balaban J connectivity index is 1.51. The van der Waals surface area contributed by atoms with E-state index in [9.17, 15) is 9.18 Å². The molecule has 0 unspecified atom stereocenters. The molecule has 0 aliphatic carbocycles. The number of urea groups is 1. The van der Waals surface area contributed by atoms with Crippen LogP contribution in [0, 0.1) is 5.82 Å². The Morgan fingerprint density at radius 1 is 1.00 bits per heavy atom. The van der Waals surface area contributed by atoms with Crippen molar-refractivity contribution in [1.29, 1.82) is 0 Å². The summed E-state index contributed by atoms with van der Waals surface area (Å²) in [5.41, 5.74) is 9.71. The summed E-state index contributed by atoms with van der Waals surface area (Å²) in [6.45, 7) is 0. The van der Waals surface area contributed by atoms with Gasteiger partial charge in [0.05, 0.1) is 11.7 Å². The minimum Gasteiger partial charge on any atom is -0.369 e. The Morgan fingerprint density at radius 3 is 2.56 bits per heavy atom. The second kappa shape index (κ2) is 6.80. The number of hydrogen-bond donors (Lipinski definition) is 3. The van der Waals surface area contributed by atoms with Crippen molar-refractivity contribution in [2.45, 2.75) is 0 Å². The van der Waals surface area contributed by atoms with Crippen LogP contribution in [0.1, 0.15) is 0 Å². The first-order valence-electron chi connectivity index (χ1n) is 8.26. The van der Waals surface area contributed by atoms with E-state index in [0.29, 0.717) is 17.3 Å². The second-order valence-electron chi connectivity index (χ2n) is 5.96. The highest BCUT2D eigenvalue weighted by atomic mass is 19.1. The standard InChI is InChI=1S/C20H16FN5O/c21-14-3-1-4-16(11-14)25-20(27)24-15-8-6-13(7-9-15)17-5-2-10-26-18(17)12-23-19(26)22/h1-12H,(H2,22,23)(H2,24,25,27). The maximum Gasteiger partial charge on any atom is 0.323 e. The number of pyridine rings is 1. The van der Waals surface area contributed by atoms with Crippen LogP contribution in [0.5, 0.6) is 0 Å². The number of nitrogen functional groups attached to an aromatic ring is 1. The molecule has 0 spiro atoms. The number of aromatic nitrogens is 2. The van der Waals surface area contributed by atoms with E-state index in [4.69, 9.17) is 5.73 Å². The van der Waals surface area contributed by atoms with Crippen LogP contribution in [0.3, 0.4) is 0 Å². The van der Waals surface area contributed by atoms with Gasteiger partial charge >= 0.3 is 6.03 Å². The number of hydrogen-bond acceptors (Lipinski definition) is 3. The summed E-state index contributed by atoms with van der Waals surface area (Å²) in [7, 11) is 0. The van der Waals surface area contributed by atoms with E-state index in [1.807, 2.05) is 34.9 Å². The van der Waals surface area contributed by atoms with Gasteiger partial charge in [-0.25, -0.2) is 14.2 Å².